The molecule has 0 aliphatic heterocycles. The van der Waals surface area contributed by atoms with Crippen LogP contribution in [0.5, 0.6) is 0 Å². The fourth-order valence-corrected chi connectivity index (χ4v) is 8.09. The van der Waals surface area contributed by atoms with Crippen LogP contribution in [0.4, 0.5) is 0 Å². The summed E-state index contributed by atoms with van der Waals surface area (Å²) in [5.74, 6) is 0. The summed E-state index contributed by atoms with van der Waals surface area (Å²) < 4.78 is 0. The van der Waals surface area contributed by atoms with Gasteiger partial charge in [0.15, 0.2) is 0 Å². The number of rotatable bonds is 9. The predicted octanol–water partition coefficient (Wildman–Crippen LogP) is 16.1. The quantitative estimate of drug-likeness (QED) is 0.143. The van der Waals surface area contributed by atoms with Gasteiger partial charge in [-0.1, -0.05) is 200 Å². The maximum absolute atomic E-state index is 5.17. The van der Waals surface area contributed by atoms with Crippen LogP contribution < -0.4 is 0 Å². The SMILES string of the molecule is c1ccc(-c2ccc(-c3cccc(-c4cccc(-c5cccc(-c6cc(-c7ccccc7)cc(-c7cc(-c8ccccc8)nc(-c8ccccc8)c7)c6)c5)c4)c3)cc2)cc1. The minimum absolute atomic E-state index is 0.951. The second kappa shape index (κ2) is 16.5. The van der Waals surface area contributed by atoms with Gasteiger partial charge < -0.3 is 0 Å². The molecule has 1 heterocycles. The molecule has 0 bridgehead atoms. The summed E-state index contributed by atoms with van der Waals surface area (Å²) in [7, 11) is 0. The van der Waals surface area contributed by atoms with Gasteiger partial charge >= 0.3 is 0 Å². The first kappa shape index (κ1) is 36.5. The van der Waals surface area contributed by atoms with Gasteiger partial charge in [0.1, 0.15) is 0 Å². The highest BCUT2D eigenvalue weighted by molar-refractivity contribution is 5.86. The lowest BCUT2D eigenvalue weighted by Gasteiger charge is -2.15. The normalized spacial score (nSPS) is 11.0. The lowest BCUT2D eigenvalue weighted by molar-refractivity contribution is 1.32. The molecule has 0 saturated carbocycles. The highest BCUT2D eigenvalue weighted by atomic mass is 14.7. The molecular formula is C59H41N. The molecule has 60 heavy (non-hydrogen) atoms. The van der Waals surface area contributed by atoms with Crippen molar-refractivity contribution in [3.63, 3.8) is 0 Å². The molecule has 0 saturated heterocycles. The van der Waals surface area contributed by atoms with E-state index >= 15 is 0 Å². The summed E-state index contributed by atoms with van der Waals surface area (Å²) in [6.45, 7) is 0. The molecule has 1 aromatic heterocycles. The number of hydrogen-bond acceptors (Lipinski definition) is 1. The zero-order valence-corrected chi connectivity index (χ0v) is 33.1. The van der Waals surface area contributed by atoms with Gasteiger partial charge in [-0.3, -0.25) is 0 Å². The second-order valence-corrected chi connectivity index (χ2v) is 15.2. The molecule has 0 atom stereocenters. The van der Waals surface area contributed by atoms with E-state index in [4.69, 9.17) is 4.98 Å². The molecule has 1 heteroatoms. The van der Waals surface area contributed by atoms with Crippen LogP contribution in [0.2, 0.25) is 0 Å². The van der Waals surface area contributed by atoms with Crippen LogP contribution >= 0.6 is 0 Å². The standard InChI is InChI=1S/C59H41N/c1-5-16-42(17-6-1)44-30-32-45(33-31-44)48-24-13-25-49(34-48)50-26-14-27-51(35-50)52-28-15-29-53(36-52)55-37-54(43-18-7-2-8-19-43)38-56(39-55)57-40-58(46-20-9-3-10-21-46)60-59(41-57)47-22-11-4-12-23-47/h1-41H. The van der Waals surface area contributed by atoms with Crippen molar-refractivity contribution >= 4 is 0 Å². The molecule has 9 aromatic carbocycles. The van der Waals surface area contributed by atoms with E-state index in [0.717, 1.165) is 39.2 Å². The monoisotopic (exact) mass is 763 g/mol. The van der Waals surface area contributed by atoms with Crippen molar-refractivity contribution in [1.82, 2.24) is 4.98 Å². The van der Waals surface area contributed by atoms with Crippen LogP contribution in [-0.2, 0) is 0 Å². The Morgan fingerprint density at radius 1 is 0.150 bits per heavy atom. The first-order valence-electron chi connectivity index (χ1n) is 20.5. The smallest absolute Gasteiger partial charge is 0.0715 e. The third-order valence-electron chi connectivity index (χ3n) is 11.3. The molecule has 0 fully saturated rings. The summed E-state index contributed by atoms with van der Waals surface area (Å²) in [6, 6.07) is 89.2. The van der Waals surface area contributed by atoms with E-state index in [1.807, 2.05) is 0 Å². The largest absolute Gasteiger partial charge is 0.248 e. The average molecular weight is 764 g/mol. The van der Waals surface area contributed by atoms with Crippen LogP contribution in [0.15, 0.2) is 249 Å². The summed E-state index contributed by atoms with van der Waals surface area (Å²) in [6.07, 6.45) is 0. The van der Waals surface area contributed by atoms with Gasteiger partial charge in [0, 0.05) is 11.1 Å². The summed E-state index contributed by atoms with van der Waals surface area (Å²) in [5.41, 5.74) is 20.6. The van der Waals surface area contributed by atoms with Gasteiger partial charge in [-0.25, -0.2) is 4.98 Å². The lowest BCUT2D eigenvalue weighted by atomic mass is 9.91. The van der Waals surface area contributed by atoms with Gasteiger partial charge in [0.05, 0.1) is 11.4 Å². The number of aromatic nitrogens is 1. The molecule has 0 spiro atoms. The average Bonchev–Trinajstić information content (AvgIpc) is 3.35. The highest BCUT2D eigenvalue weighted by Crippen LogP contribution is 2.38. The summed E-state index contributed by atoms with van der Waals surface area (Å²) in [5, 5.41) is 0. The lowest BCUT2D eigenvalue weighted by Crippen LogP contribution is -1.92. The minimum Gasteiger partial charge on any atom is -0.248 e. The van der Waals surface area contributed by atoms with Crippen molar-refractivity contribution in [1.29, 1.82) is 0 Å². The Bertz CT molecular complexity index is 2990. The maximum Gasteiger partial charge on any atom is 0.0715 e. The van der Waals surface area contributed by atoms with E-state index in [9.17, 15) is 0 Å². The molecule has 10 aromatic rings. The first-order valence-corrected chi connectivity index (χ1v) is 20.5. The third kappa shape index (κ3) is 7.85. The Balaban J connectivity index is 1.02. The molecule has 0 radical (unpaired) electrons. The molecule has 10 rings (SSSR count). The zero-order valence-electron chi connectivity index (χ0n) is 33.1. The van der Waals surface area contributed by atoms with E-state index in [0.29, 0.717) is 0 Å². The molecule has 0 amide bonds. The minimum atomic E-state index is 0.951. The Morgan fingerprint density at radius 3 is 0.767 bits per heavy atom. The Labute approximate surface area is 352 Å². The number of benzene rings is 9. The van der Waals surface area contributed by atoms with E-state index in [2.05, 4.69) is 249 Å². The number of pyridine rings is 1. The van der Waals surface area contributed by atoms with E-state index in [-0.39, 0.29) is 0 Å². The molecule has 1 nitrogen and oxygen atoms in total. The van der Waals surface area contributed by atoms with Crippen LogP contribution in [0, 0.1) is 0 Å². The van der Waals surface area contributed by atoms with Crippen LogP contribution in [0.1, 0.15) is 0 Å². The van der Waals surface area contributed by atoms with Gasteiger partial charge in [-0.05, 0) is 126 Å². The Hall–Kier alpha value is -7.87. The Morgan fingerprint density at radius 2 is 0.367 bits per heavy atom. The van der Waals surface area contributed by atoms with Crippen LogP contribution in [0.3, 0.4) is 0 Å². The first-order chi connectivity index (χ1) is 29.7. The van der Waals surface area contributed by atoms with Crippen molar-refractivity contribution in [3.8, 4) is 100 Å². The maximum atomic E-state index is 5.17. The fourth-order valence-electron chi connectivity index (χ4n) is 8.09. The van der Waals surface area contributed by atoms with Crippen molar-refractivity contribution in [2.24, 2.45) is 0 Å². The Kier molecular flexibility index (Phi) is 10.1. The van der Waals surface area contributed by atoms with Crippen molar-refractivity contribution in [2.45, 2.75) is 0 Å². The van der Waals surface area contributed by atoms with Crippen LogP contribution in [-0.4, -0.2) is 4.98 Å². The molecule has 0 unspecified atom stereocenters. The molecular weight excluding hydrogens is 723 g/mol. The van der Waals surface area contributed by atoms with Crippen molar-refractivity contribution < 1.29 is 0 Å². The van der Waals surface area contributed by atoms with Crippen molar-refractivity contribution in [2.75, 3.05) is 0 Å². The van der Waals surface area contributed by atoms with E-state index in [1.165, 1.54) is 61.2 Å². The molecule has 282 valence electrons. The third-order valence-corrected chi connectivity index (χ3v) is 11.3. The molecule has 0 aliphatic carbocycles. The molecule has 0 aliphatic rings. The van der Waals surface area contributed by atoms with E-state index < -0.39 is 0 Å². The van der Waals surface area contributed by atoms with Gasteiger partial charge in [-0.15, -0.1) is 0 Å². The van der Waals surface area contributed by atoms with E-state index in [1.54, 1.807) is 0 Å². The van der Waals surface area contributed by atoms with Gasteiger partial charge in [0.25, 0.3) is 0 Å². The fraction of sp³-hybridized carbons (Fsp3) is 0. The summed E-state index contributed by atoms with van der Waals surface area (Å²) in [4.78, 5) is 5.17. The van der Waals surface area contributed by atoms with Gasteiger partial charge in [0.2, 0.25) is 0 Å². The van der Waals surface area contributed by atoms with Gasteiger partial charge in [-0.2, -0.15) is 0 Å². The number of nitrogens with zero attached hydrogens (tertiary/aromatic N) is 1. The van der Waals surface area contributed by atoms with Crippen molar-refractivity contribution in [3.05, 3.63) is 249 Å². The molecule has 0 N–H and O–H groups in total. The second-order valence-electron chi connectivity index (χ2n) is 15.2. The summed E-state index contributed by atoms with van der Waals surface area (Å²) >= 11 is 0. The topological polar surface area (TPSA) is 12.9 Å². The highest BCUT2D eigenvalue weighted by Gasteiger charge is 2.13. The predicted molar refractivity (Wildman–Crippen MR) is 253 cm³/mol. The van der Waals surface area contributed by atoms with Crippen LogP contribution in [0.25, 0.3) is 100 Å². The number of hydrogen-bond donors (Lipinski definition) is 0. The zero-order chi connectivity index (χ0) is 40.1.